The Labute approximate surface area is 250 Å². The first-order valence-corrected chi connectivity index (χ1v) is 14.3. The Bertz CT molecular complexity index is 1520. The minimum atomic E-state index is -0.858. The summed E-state index contributed by atoms with van der Waals surface area (Å²) in [5.74, 6) is 1.14. The highest BCUT2D eigenvalue weighted by molar-refractivity contribution is 6.34. The molecule has 2 fully saturated rings. The van der Waals surface area contributed by atoms with Gasteiger partial charge in [0, 0.05) is 55.8 Å². The van der Waals surface area contributed by atoms with Crippen LogP contribution in [0.3, 0.4) is 0 Å². The Kier molecular flexibility index (Phi) is 9.54. The Balaban J connectivity index is 0.00000198. The molecular formula is C31H35ClF2N6O2. The molecule has 2 aromatic carbocycles. The van der Waals surface area contributed by atoms with Crippen molar-refractivity contribution < 1.29 is 18.7 Å². The summed E-state index contributed by atoms with van der Waals surface area (Å²) < 4.78 is 31.1. The molecule has 1 aromatic heterocycles. The van der Waals surface area contributed by atoms with E-state index in [2.05, 4.69) is 22.4 Å². The van der Waals surface area contributed by atoms with Crippen LogP contribution in [0.25, 0.3) is 22.0 Å². The number of fused-ring (bicyclic) bond motifs is 1. The van der Waals surface area contributed by atoms with Crippen LogP contribution in [0.4, 0.5) is 20.5 Å². The lowest BCUT2D eigenvalue weighted by atomic mass is 10.0. The van der Waals surface area contributed by atoms with E-state index < -0.39 is 17.4 Å². The van der Waals surface area contributed by atoms with E-state index in [0.717, 1.165) is 6.07 Å². The number of phenols is 1. The largest absolute Gasteiger partial charge is 0.507 e. The number of phenolic OH excluding ortho intramolecular Hbond substituents is 1. The van der Waals surface area contributed by atoms with Gasteiger partial charge >= 0.3 is 0 Å². The fraction of sp³-hybridized carbons (Fsp3) is 0.387. The fourth-order valence-corrected chi connectivity index (χ4v) is 5.59. The molecule has 3 aromatic rings. The van der Waals surface area contributed by atoms with Crippen molar-refractivity contribution in [2.75, 3.05) is 56.1 Å². The summed E-state index contributed by atoms with van der Waals surface area (Å²) in [6.07, 6.45) is 6.74. The molecule has 5 rings (SSSR count). The summed E-state index contributed by atoms with van der Waals surface area (Å²) in [7, 11) is 1.94. The second-order valence-corrected chi connectivity index (χ2v) is 10.5. The summed E-state index contributed by atoms with van der Waals surface area (Å²) in [5.41, 5.74) is -0.649. The zero-order valence-electron chi connectivity index (χ0n) is 24.2. The Morgan fingerprint density at radius 2 is 1.93 bits per heavy atom. The third kappa shape index (κ3) is 5.72. The van der Waals surface area contributed by atoms with Crippen molar-refractivity contribution in [1.29, 1.82) is 0 Å². The van der Waals surface area contributed by atoms with Gasteiger partial charge in [-0.2, -0.15) is 4.98 Å². The van der Waals surface area contributed by atoms with Gasteiger partial charge in [0.05, 0.1) is 17.1 Å². The van der Waals surface area contributed by atoms with Crippen molar-refractivity contribution in [3.8, 4) is 29.2 Å². The van der Waals surface area contributed by atoms with Crippen LogP contribution in [0.15, 0.2) is 36.9 Å². The van der Waals surface area contributed by atoms with Gasteiger partial charge in [-0.3, -0.25) is 9.69 Å². The quantitative estimate of drug-likeness (QED) is 0.319. The highest BCUT2D eigenvalue weighted by Crippen LogP contribution is 2.43. The minimum absolute atomic E-state index is 0.0419. The normalized spacial score (nSPS) is 17.0. The number of carbonyl (C=O) groups is 1. The number of carbonyl (C=O) groups excluding carboxylic acids is 1. The first-order chi connectivity index (χ1) is 20.1. The highest BCUT2D eigenvalue weighted by Gasteiger charge is 2.34. The molecule has 1 amide bonds. The molecule has 3 heterocycles. The van der Waals surface area contributed by atoms with E-state index in [1.807, 2.05) is 37.6 Å². The van der Waals surface area contributed by atoms with E-state index in [0.29, 0.717) is 56.4 Å². The van der Waals surface area contributed by atoms with Crippen molar-refractivity contribution in [1.82, 2.24) is 19.8 Å². The first kappa shape index (κ1) is 31.0. The van der Waals surface area contributed by atoms with Crippen LogP contribution in [0.2, 0.25) is 5.02 Å². The fourth-order valence-electron chi connectivity index (χ4n) is 5.31. The average molecular weight is 597 g/mol. The number of hydrogen-bond donors (Lipinski definition) is 1. The van der Waals surface area contributed by atoms with Gasteiger partial charge in [-0.15, -0.1) is 6.42 Å². The Morgan fingerprint density at radius 1 is 1.21 bits per heavy atom. The maximum absolute atomic E-state index is 16.3. The second-order valence-electron chi connectivity index (χ2n) is 10.1. The summed E-state index contributed by atoms with van der Waals surface area (Å²) in [6.45, 7) is 12.5. The number of rotatable bonds is 6. The predicted octanol–water partition coefficient (Wildman–Crippen LogP) is 4.94. The minimum Gasteiger partial charge on any atom is -0.507 e. The third-order valence-electron chi connectivity index (χ3n) is 7.59. The molecular weight excluding hydrogens is 562 g/mol. The van der Waals surface area contributed by atoms with Gasteiger partial charge in [-0.25, -0.2) is 13.8 Å². The second kappa shape index (κ2) is 12.9. The van der Waals surface area contributed by atoms with Gasteiger partial charge in [0.15, 0.2) is 5.82 Å². The molecule has 2 saturated heterocycles. The van der Waals surface area contributed by atoms with Crippen molar-refractivity contribution >= 4 is 40.2 Å². The molecule has 1 atom stereocenters. The van der Waals surface area contributed by atoms with Gasteiger partial charge < -0.3 is 19.8 Å². The van der Waals surface area contributed by atoms with Crippen molar-refractivity contribution in [3.63, 3.8) is 0 Å². The number of aromatic hydroxyl groups is 1. The number of halogens is 3. The summed E-state index contributed by atoms with van der Waals surface area (Å²) in [6, 6.07) is 5.26. The molecule has 0 bridgehead atoms. The number of amides is 1. The predicted molar refractivity (Wildman–Crippen MR) is 164 cm³/mol. The number of aromatic nitrogens is 2. The third-order valence-corrected chi connectivity index (χ3v) is 7.88. The van der Waals surface area contributed by atoms with E-state index in [4.69, 9.17) is 23.0 Å². The van der Waals surface area contributed by atoms with Crippen molar-refractivity contribution in [2.24, 2.45) is 0 Å². The first-order valence-electron chi connectivity index (χ1n) is 13.9. The van der Waals surface area contributed by atoms with Crippen molar-refractivity contribution in [2.45, 2.75) is 32.9 Å². The molecule has 2 aliphatic heterocycles. The van der Waals surface area contributed by atoms with Crippen LogP contribution in [0.5, 0.6) is 5.75 Å². The van der Waals surface area contributed by atoms with Crippen LogP contribution in [-0.4, -0.2) is 89.2 Å². The molecule has 222 valence electrons. The van der Waals surface area contributed by atoms with Gasteiger partial charge in [0.25, 0.3) is 0 Å². The van der Waals surface area contributed by atoms with E-state index in [1.54, 1.807) is 4.90 Å². The van der Waals surface area contributed by atoms with Crippen molar-refractivity contribution in [3.05, 3.63) is 53.6 Å². The standard InChI is InChI=1S/C29H29ClF2N6O2.C2H6/c1-5-10-35(4)18-15-37(16-18)29-33-27-19(28(34-29)36-11-12-38(17(3)14-36)23(40)6-2)13-20(30)24(26(27)32)25-21(31)8-7-9-22(25)39;1-2/h1,6-9,13,17-18,39H,2,10-12,14-16H2,3-4H3;1-2H3. The maximum atomic E-state index is 16.3. The lowest BCUT2D eigenvalue weighted by Crippen LogP contribution is -2.59. The molecule has 8 nitrogen and oxygen atoms in total. The molecule has 1 unspecified atom stereocenters. The topological polar surface area (TPSA) is 76.0 Å². The zero-order chi connectivity index (χ0) is 30.7. The van der Waals surface area contributed by atoms with Crippen LogP contribution in [-0.2, 0) is 4.79 Å². The number of anilines is 2. The van der Waals surface area contributed by atoms with Crippen LogP contribution in [0, 0.1) is 24.0 Å². The zero-order valence-corrected chi connectivity index (χ0v) is 25.0. The molecule has 0 aliphatic carbocycles. The van der Waals surface area contributed by atoms with Crippen LogP contribution < -0.4 is 9.80 Å². The smallest absolute Gasteiger partial charge is 0.246 e. The molecule has 11 heteroatoms. The SMILES string of the molecule is C#CCN(C)C1CN(c2nc(N3CCN(C(=O)C=C)C(C)C3)c3cc(Cl)c(-c4c(O)cccc4F)c(F)c3n2)C1.CC. The molecule has 0 spiro atoms. The summed E-state index contributed by atoms with van der Waals surface area (Å²) in [5, 5.41) is 10.6. The monoisotopic (exact) mass is 596 g/mol. The van der Waals surface area contributed by atoms with E-state index >= 15 is 4.39 Å². The van der Waals surface area contributed by atoms with E-state index in [1.165, 1.54) is 24.3 Å². The number of benzene rings is 2. The number of nitrogens with zero attached hydrogens (tertiary/aromatic N) is 6. The average Bonchev–Trinajstić information content (AvgIpc) is 2.94. The Hall–Kier alpha value is -3.94. The molecule has 1 N–H and O–H groups in total. The maximum Gasteiger partial charge on any atom is 0.246 e. The van der Waals surface area contributed by atoms with Gasteiger partial charge in [0.1, 0.15) is 22.9 Å². The summed E-state index contributed by atoms with van der Waals surface area (Å²) in [4.78, 5) is 29.4. The lowest BCUT2D eigenvalue weighted by Gasteiger charge is -2.44. The Morgan fingerprint density at radius 3 is 2.55 bits per heavy atom. The van der Waals surface area contributed by atoms with Gasteiger partial charge in [-0.05, 0) is 38.2 Å². The van der Waals surface area contributed by atoms with Gasteiger partial charge in [0.2, 0.25) is 11.9 Å². The van der Waals surface area contributed by atoms with E-state index in [9.17, 15) is 14.3 Å². The molecule has 42 heavy (non-hydrogen) atoms. The number of hydrogen-bond acceptors (Lipinski definition) is 7. The number of likely N-dealkylation sites (N-methyl/N-ethyl adjacent to an activating group) is 1. The highest BCUT2D eigenvalue weighted by atomic mass is 35.5. The van der Waals surface area contributed by atoms with Gasteiger partial charge in [-0.1, -0.05) is 44.0 Å². The van der Waals surface area contributed by atoms with Crippen LogP contribution in [0.1, 0.15) is 20.8 Å². The molecule has 0 radical (unpaired) electrons. The molecule has 2 aliphatic rings. The van der Waals surface area contributed by atoms with E-state index in [-0.39, 0.29) is 39.7 Å². The molecule has 0 saturated carbocycles. The lowest BCUT2D eigenvalue weighted by molar-refractivity contribution is -0.128. The number of terminal acetylenes is 1. The van der Waals surface area contributed by atoms with Crippen LogP contribution >= 0.6 is 11.6 Å². The number of piperazine rings is 1. The summed E-state index contributed by atoms with van der Waals surface area (Å²) >= 11 is 6.55.